The van der Waals surface area contributed by atoms with Crippen molar-refractivity contribution in [2.75, 3.05) is 6.61 Å². The van der Waals surface area contributed by atoms with Gasteiger partial charge in [-0.3, -0.25) is 4.57 Å². The lowest BCUT2D eigenvalue weighted by Crippen LogP contribution is -2.51. The van der Waals surface area contributed by atoms with Crippen LogP contribution in [-0.4, -0.2) is 26.8 Å². The van der Waals surface area contributed by atoms with Crippen molar-refractivity contribution in [3.05, 3.63) is 0 Å². The Hall–Kier alpha value is 0.0700. The first-order chi connectivity index (χ1) is 6.81. The van der Waals surface area contributed by atoms with Crippen LogP contribution in [0.3, 0.4) is 0 Å². The molecule has 1 fully saturated rings. The average molecular weight is 237 g/mol. The maximum atomic E-state index is 11.3. The highest BCUT2D eigenvalue weighted by Gasteiger charge is 2.49. The highest BCUT2D eigenvalue weighted by atomic mass is 31.2. The molecular formula is C9H20NO4P. The number of hydrogen-bond donors (Lipinski definition) is 4. The molecule has 0 aromatic heterocycles. The van der Waals surface area contributed by atoms with Gasteiger partial charge < -0.3 is 20.6 Å². The van der Waals surface area contributed by atoms with Crippen LogP contribution in [0.25, 0.3) is 0 Å². The second-order valence-corrected chi connectivity index (χ2v) is 6.58. The minimum atomic E-state index is -4.45. The Labute approximate surface area is 89.8 Å². The van der Waals surface area contributed by atoms with Gasteiger partial charge in [0.15, 0.2) is 0 Å². The van der Waals surface area contributed by atoms with Gasteiger partial charge in [-0.05, 0) is 24.7 Å². The normalized spacial score (nSPS) is 32.3. The first-order valence-electron chi connectivity index (χ1n) is 5.26. The first kappa shape index (κ1) is 13.1. The Morgan fingerprint density at radius 1 is 1.47 bits per heavy atom. The topological polar surface area (TPSA) is 104 Å². The van der Waals surface area contributed by atoms with Gasteiger partial charge in [-0.1, -0.05) is 19.8 Å². The quantitative estimate of drug-likeness (QED) is 0.539. The molecule has 0 amide bonds. The van der Waals surface area contributed by atoms with Gasteiger partial charge in [-0.15, -0.1) is 0 Å². The molecule has 1 rings (SSSR count). The van der Waals surface area contributed by atoms with Gasteiger partial charge in [0.25, 0.3) is 0 Å². The molecule has 6 heteroatoms. The van der Waals surface area contributed by atoms with Gasteiger partial charge in [0.1, 0.15) is 5.28 Å². The van der Waals surface area contributed by atoms with E-state index in [4.69, 9.17) is 10.8 Å². The van der Waals surface area contributed by atoms with Crippen LogP contribution in [0.5, 0.6) is 0 Å². The van der Waals surface area contributed by atoms with Crippen molar-refractivity contribution in [2.45, 2.75) is 37.9 Å². The second-order valence-electron chi connectivity index (χ2n) is 4.66. The van der Waals surface area contributed by atoms with E-state index >= 15 is 0 Å². The van der Waals surface area contributed by atoms with E-state index in [9.17, 15) is 14.4 Å². The summed E-state index contributed by atoms with van der Waals surface area (Å²) in [5.41, 5.74) is 5.70. The molecule has 3 atom stereocenters. The van der Waals surface area contributed by atoms with E-state index in [0.717, 1.165) is 12.8 Å². The summed E-state index contributed by atoms with van der Waals surface area (Å²) in [6, 6.07) is 0. The maximum absolute atomic E-state index is 11.3. The second kappa shape index (κ2) is 4.52. The summed E-state index contributed by atoms with van der Waals surface area (Å²) in [7, 11) is -4.45. The van der Waals surface area contributed by atoms with Crippen LogP contribution in [0, 0.1) is 11.8 Å². The smallest absolute Gasteiger partial charge is 0.347 e. The molecule has 0 aromatic carbocycles. The van der Waals surface area contributed by atoms with E-state index in [0.29, 0.717) is 18.8 Å². The molecular weight excluding hydrogens is 217 g/mol. The zero-order valence-electron chi connectivity index (χ0n) is 8.96. The molecule has 3 unspecified atom stereocenters. The van der Waals surface area contributed by atoms with Gasteiger partial charge in [0.05, 0.1) is 6.61 Å². The van der Waals surface area contributed by atoms with Crippen molar-refractivity contribution in [1.29, 1.82) is 0 Å². The van der Waals surface area contributed by atoms with Crippen LogP contribution in [0.2, 0.25) is 0 Å². The van der Waals surface area contributed by atoms with Crippen LogP contribution in [0.4, 0.5) is 0 Å². The predicted molar refractivity (Wildman–Crippen MR) is 57.2 cm³/mol. The molecule has 1 aliphatic carbocycles. The van der Waals surface area contributed by atoms with Crippen molar-refractivity contribution in [2.24, 2.45) is 17.6 Å². The maximum Gasteiger partial charge on any atom is 0.347 e. The fourth-order valence-electron chi connectivity index (χ4n) is 2.35. The van der Waals surface area contributed by atoms with Crippen LogP contribution < -0.4 is 5.73 Å². The SMILES string of the molecule is CC1CCCC(C(N)(CO)P(=O)(O)O)C1. The minimum Gasteiger partial charge on any atom is -0.394 e. The minimum absolute atomic E-state index is 0.285. The lowest BCUT2D eigenvalue weighted by Gasteiger charge is -2.40. The number of hydrogen-bond acceptors (Lipinski definition) is 3. The van der Waals surface area contributed by atoms with Crippen molar-refractivity contribution in [3.63, 3.8) is 0 Å². The first-order valence-corrected chi connectivity index (χ1v) is 6.88. The summed E-state index contributed by atoms with van der Waals surface area (Å²) in [5.74, 6) is 0.136. The molecule has 1 aliphatic rings. The largest absolute Gasteiger partial charge is 0.394 e. The molecule has 15 heavy (non-hydrogen) atoms. The molecule has 0 spiro atoms. The van der Waals surface area contributed by atoms with Crippen LogP contribution in [0.15, 0.2) is 0 Å². The fraction of sp³-hybridized carbons (Fsp3) is 1.00. The Bertz CT molecular complexity index is 267. The zero-order chi connectivity index (χ0) is 11.7. The molecule has 0 bridgehead atoms. The molecule has 1 saturated carbocycles. The van der Waals surface area contributed by atoms with Crippen LogP contribution in [-0.2, 0) is 4.57 Å². The summed E-state index contributed by atoms with van der Waals surface area (Å²) in [4.78, 5) is 18.4. The molecule has 5 nitrogen and oxygen atoms in total. The third kappa shape index (κ3) is 2.60. The Kier molecular flexibility index (Phi) is 3.95. The zero-order valence-corrected chi connectivity index (χ0v) is 9.86. The molecule has 0 aromatic rings. The van der Waals surface area contributed by atoms with Crippen molar-refractivity contribution >= 4 is 7.60 Å². The summed E-state index contributed by atoms with van der Waals surface area (Å²) < 4.78 is 11.3. The standard InChI is InChI=1S/C9H20NO4P/c1-7-3-2-4-8(5-7)9(10,6-11)15(12,13)14/h7-8,11H,2-6,10H2,1H3,(H2,12,13,14). The third-order valence-electron chi connectivity index (χ3n) is 3.44. The fourth-order valence-corrected chi connectivity index (χ4v) is 3.24. The Balaban J connectivity index is 2.86. The lowest BCUT2D eigenvalue weighted by molar-refractivity contribution is 0.129. The third-order valence-corrected chi connectivity index (χ3v) is 5.03. The van der Waals surface area contributed by atoms with E-state index in [1.165, 1.54) is 0 Å². The van der Waals surface area contributed by atoms with Gasteiger partial charge in [0, 0.05) is 0 Å². The van der Waals surface area contributed by atoms with E-state index < -0.39 is 19.5 Å². The highest BCUT2D eigenvalue weighted by molar-refractivity contribution is 7.53. The summed E-state index contributed by atoms with van der Waals surface area (Å²) in [6.07, 6.45) is 3.36. The highest BCUT2D eigenvalue weighted by Crippen LogP contribution is 2.54. The Morgan fingerprint density at radius 2 is 2.07 bits per heavy atom. The average Bonchev–Trinajstić information content (AvgIpc) is 2.14. The van der Waals surface area contributed by atoms with E-state index in [-0.39, 0.29) is 5.92 Å². The molecule has 0 saturated heterocycles. The predicted octanol–water partition coefficient (Wildman–Crippen LogP) is 0.638. The van der Waals surface area contributed by atoms with E-state index in [1.807, 2.05) is 6.92 Å². The summed E-state index contributed by atoms with van der Waals surface area (Å²) >= 11 is 0. The monoisotopic (exact) mass is 237 g/mol. The molecule has 90 valence electrons. The Morgan fingerprint density at radius 3 is 2.47 bits per heavy atom. The molecule has 5 N–H and O–H groups in total. The van der Waals surface area contributed by atoms with Gasteiger partial charge in [-0.25, -0.2) is 0 Å². The number of rotatable bonds is 3. The molecule has 0 aliphatic heterocycles. The van der Waals surface area contributed by atoms with E-state index in [1.54, 1.807) is 0 Å². The number of aliphatic hydroxyl groups excluding tert-OH is 1. The number of aliphatic hydroxyl groups is 1. The molecule has 0 heterocycles. The number of nitrogens with two attached hydrogens (primary N) is 1. The van der Waals surface area contributed by atoms with Gasteiger partial charge >= 0.3 is 7.60 Å². The lowest BCUT2D eigenvalue weighted by atomic mass is 9.78. The van der Waals surface area contributed by atoms with Crippen LogP contribution in [0.1, 0.15) is 32.6 Å². The van der Waals surface area contributed by atoms with Crippen molar-refractivity contribution in [3.8, 4) is 0 Å². The summed E-state index contributed by atoms with van der Waals surface area (Å²) in [6.45, 7) is 1.39. The van der Waals surface area contributed by atoms with E-state index in [2.05, 4.69) is 0 Å². The molecule has 0 radical (unpaired) electrons. The van der Waals surface area contributed by atoms with Crippen molar-refractivity contribution < 1.29 is 19.5 Å². The van der Waals surface area contributed by atoms with Gasteiger partial charge in [-0.2, -0.15) is 0 Å². The van der Waals surface area contributed by atoms with Crippen LogP contribution >= 0.6 is 7.60 Å². The van der Waals surface area contributed by atoms with Gasteiger partial charge in [0.2, 0.25) is 0 Å². The van der Waals surface area contributed by atoms with Crippen molar-refractivity contribution in [1.82, 2.24) is 0 Å². The summed E-state index contributed by atoms with van der Waals surface area (Å²) in [5, 5.41) is 7.39.